The van der Waals surface area contributed by atoms with E-state index in [9.17, 15) is 4.79 Å². The summed E-state index contributed by atoms with van der Waals surface area (Å²) in [6, 6.07) is 12.2. The molecule has 0 spiro atoms. The number of anilines is 1. The third-order valence-corrected chi connectivity index (χ3v) is 7.35. The molecule has 3 rings (SSSR count). The number of benzene rings is 2. The second kappa shape index (κ2) is 13.8. The van der Waals surface area contributed by atoms with Gasteiger partial charge in [-0.1, -0.05) is 57.7 Å². The third-order valence-electron chi connectivity index (χ3n) is 6.05. The van der Waals surface area contributed by atoms with Gasteiger partial charge < -0.3 is 10.2 Å². The van der Waals surface area contributed by atoms with Crippen LogP contribution in [0.25, 0.3) is 20.2 Å². The van der Waals surface area contributed by atoms with E-state index in [4.69, 9.17) is 0 Å². The highest BCUT2D eigenvalue weighted by atomic mass is 35.5. The highest BCUT2D eigenvalue weighted by Crippen LogP contribution is 2.31. The lowest BCUT2D eigenvalue weighted by molar-refractivity contribution is 0.261. The van der Waals surface area contributed by atoms with E-state index in [1.165, 1.54) is 57.2 Å². The van der Waals surface area contributed by atoms with Gasteiger partial charge in [-0.25, -0.2) is 0 Å². The van der Waals surface area contributed by atoms with E-state index in [1.807, 2.05) is 24.3 Å². The Bertz CT molecular complexity index is 1020. The van der Waals surface area contributed by atoms with Gasteiger partial charge >= 0.3 is 0 Å². The van der Waals surface area contributed by atoms with Crippen LogP contribution in [0.5, 0.6) is 0 Å². The zero-order valence-corrected chi connectivity index (χ0v) is 21.5. The Labute approximate surface area is 203 Å². The molecule has 0 radical (unpaired) electrons. The molecule has 2 aromatic carbocycles. The maximum atomic E-state index is 13.3. The van der Waals surface area contributed by atoms with E-state index in [2.05, 4.69) is 43.1 Å². The molecule has 32 heavy (non-hydrogen) atoms. The smallest absolute Gasteiger partial charge is 0.197 e. The lowest BCUT2D eigenvalue weighted by Gasteiger charge is -2.22. The molecule has 0 amide bonds. The van der Waals surface area contributed by atoms with Crippen LogP contribution in [-0.4, -0.2) is 31.1 Å². The molecule has 176 valence electrons. The molecule has 3 nitrogen and oxygen atoms in total. The van der Waals surface area contributed by atoms with Crippen molar-refractivity contribution in [3.8, 4) is 0 Å². The molecule has 0 fully saturated rings. The Balaban J connectivity index is 0.00000363. The van der Waals surface area contributed by atoms with Crippen molar-refractivity contribution in [2.45, 2.75) is 65.7 Å². The first kappa shape index (κ1) is 26.6. The van der Waals surface area contributed by atoms with Gasteiger partial charge in [0.1, 0.15) is 0 Å². The molecule has 1 N–H and O–H groups in total. The van der Waals surface area contributed by atoms with E-state index in [-0.39, 0.29) is 17.8 Å². The first-order valence-electron chi connectivity index (χ1n) is 12.1. The number of nitrogens with zero attached hydrogens (tertiary/aromatic N) is 1. The van der Waals surface area contributed by atoms with Gasteiger partial charge in [0, 0.05) is 27.0 Å². The topological polar surface area (TPSA) is 32.3 Å². The van der Waals surface area contributed by atoms with Crippen molar-refractivity contribution < 1.29 is 0 Å². The number of rotatable bonds is 13. The van der Waals surface area contributed by atoms with Crippen molar-refractivity contribution in [3.05, 3.63) is 52.2 Å². The van der Waals surface area contributed by atoms with Crippen molar-refractivity contribution in [3.63, 3.8) is 0 Å². The van der Waals surface area contributed by atoms with Gasteiger partial charge in [-0.3, -0.25) is 4.79 Å². The Hall–Kier alpha value is -1.62. The molecule has 0 atom stereocenters. The zero-order valence-electron chi connectivity index (χ0n) is 19.9. The van der Waals surface area contributed by atoms with E-state index >= 15 is 0 Å². The van der Waals surface area contributed by atoms with E-state index in [0.717, 1.165) is 45.4 Å². The van der Waals surface area contributed by atoms with Crippen LogP contribution in [0.15, 0.2) is 41.2 Å². The fourth-order valence-corrected chi connectivity index (χ4v) is 5.38. The predicted molar refractivity (Wildman–Crippen MR) is 146 cm³/mol. The van der Waals surface area contributed by atoms with Crippen molar-refractivity contribution in [2.24, 2.45) is 0 Å². The van der Waals surface area contributed by atoms with Gasteiger partial charge in [-0.2, -0.15) is 0 Å². The molecule has 0 aliphatic heterocycles. The third kappa shape index (κ3) is 6.94. The Morgan fingerprint density at radius 2 is 1.53 bits per heavy atom. The van der Waals surface area contributed by atoms with Crippen molar-refractivity contribution in [1.29, 1.82) is 0 Å². The molecule has 0 saturated carbocycles. The standard InChI is InChI=1S/C27H38N2OS.ClH/c1-4-6-10-18-29(19-11-7-5-2)20-12-17-28-23-16-15-21(3)27-25(23)26(30)22-13-8-9-14-24(22)31-27;/h8-9,13-16,28H,4-7,10-12,17-20H2,1-3H3;1H. The minimum absolute atomic E-state index is 0. The molecule has 0 unspecified atom stereocenters. The Morgan fingerprint density at radius 1 is 0.875 bits per heavy atom. The maximum Gasteiger partial charge on any atom is 0.197 e. The van der Waals surface area contributed by atoms with Gasteiger partial charge in [-0.15, -0.1) is 23.7 Å². The summed E-state index contributed by atoms with van der Waals surface area (Å²) in [5, 5.41) is 5.27. The van der Waals surface area contributed by atoms with Crippen LogP contribution in [-0.2, 0) is 0 Å². The van der Waals surface area contributed by atoms with Gasteiger partial charge in [-0.05, 0) is 69.6 Å². The SMILES string of the molecule is CCCCCN(CCCCC)CCCNc1ccc(C)c2sc3ccccc3c(=O)c12.Cl. The Kier molecular flexibility index (Phi) is 11.5. The molecule has 1 aromatic heterocycles. The van der Waals surface area contributed by atoms with Gasteiger partial charge in [0.15, 0.2) is 5.43 Å². The molecule has 0 aliphatic carbocycles. The summed E-state index contributed by atoms with van der Waals surface area (Å²) in [6.07, 6.45) is 8.88. The normalized spacial score (nSPS) is 11.2. The number of aryl methyl sites for hydroxylation is 1. The highest BCUT2D eigenvalue weighted by molar-refractivity contribution is 7.24. The highest BCUT2D eigenvalue weighted by Gasteiger charge is 2.12. The van der Waals surface area contributed by atoms with Crippen molar-refractivity contribution >= 4 is 49.6 Å². The lowest BCUT2D eigenvalue weighted by Crippen LogP contribution is -2.28. The summed E-state index contributed by atoms with van der Waals surface area (Å²) < 4.78 is 2.17. The largest absolute Gasteiger partial charge is 0.384 e. The summed E-state index contributed by atoms with van der Waals surface area (Å²) in [7, 11) is 0. The first-order valence-corrected chi connectivity index (χ1v) is 12.9. The number of nitrogens with one attached hydrogen (secondary N) is 1. The summed E-state index contributed by atoms with van der Waals surface area (Å²) in [5.41, 5.74) is 2.30. The van der Waals surface area contributed by atoms with Crippen LogP contribution in [0.4, 0.5) is 5.69 Å². The monoisotopic (exact) mass is 474 g/mol. The van der Waals surface area contributed by atoms with Crippen LogP contribution in [0.3, 0.4) is 0 Å². The minimum Gasteiger partial charge on any atom is -0.384 e. The summed E-state index contributed by atoms with van der Waals surface area (Å²) in [5.74, 6) is 0. The predicted octanol–water partition coefficient (Wildman–Crippen LogP) is 7.63. The average molecular weight is 475 g/mol. The second-order valence-corrected chi connectivity index (χ2v) is 9.65. The number of hydrogen-bond acceptors (Lipinski definition) is 4. The fourth-order valence-electron chi connectivity index (χ4n) is 4.21. The molecule has 0 saturated heterocycles. The van der Waals surface area contributed by atoms with Crippen LogP contribution < -0.4 is 10.7 Å². The van der Waals surface area contributed by atoms with Gasteiger partial charge in [0.2, 0.25) is 0 Å². The maximum absolute atomic E-state index is 13.3. The fraction of sp³-hybridized carbons (Fsp3) is 0.519. The molecule has 3 aromatic rings. The average Bonchev–Trinajstić information content (AvgIpc) is 2.78. The number of unbranched alkanes of at least 4 members (excludes halogenated alkanes) is 4. The number of fused-ring (bicyclic) bond motifs is 2. The van der Waals surface area contributed by atoms with E-state index < -0.39 is 0 Å². The summed E-state index contributed by atoms with van der Waals surface area (Å²) in [4.78, 5) is 15.9. The molecular formula is C27H39ClN2OS. The van der Waals surface area contributed by atoms with Crippen molar-refractivity contribution in [2.75, 3.05) is 31.5 Å². The molecule has 0 bridgehead atoms. The zero-order chi connectivity index (χ0) is 22.1. The lowest BCUT2D eigenvalue weighted by atomic mass is 10.1. The molecular weight excluding hydrogens is 436 g/mol. The first-order chi connectivity index (χ1) is 15.2. The Morgan fingerprint density at radius 3 is 2.22 bits per heavy atom. The summed E-state index contributed by atoms with van der Waals surface area (Å²) in [6.45, 7) is 11.1. The van der Waals surface area contributed by atoms with E-state index in [0.29, 0.717) is 0 Å². The van der Waals surface area contributed by atoms with Crippen LogP contribution in [0.1, 0.15) is 64.4 Å². The van der Waals surface area contributed by atoms with Gasteiger partial charge in [0.25, 0.3) is 0 Å². The molecule has 0 aliphatic rings. The summed E-state index contributed by atoms with van der Waals surface area (Å²) >= 11 is 1.72. The second-order valence-electron chi connectivity index (χ2n) is 8.60. The number of hydrogen-bond donors (Lipinski definition) is 1. The van der Waals surface area contributed by atoms with E-state index in [1.54, 1.807) is 11.3 Å². The minimum atomic E-state index is 0. The van der Waals surface area contributed by atoms with Crippen LogP contribution >= 0.6 is 23.7 Å². The van der Waals surface area contributed by atoms with Crippen molar-refractivity contribution in [1.82, 2.24) is 4.90 Å². The van der Waals surface area contributed by atoms with Gasteiger partial charge in [0.05, 0.1) is 5.39 Å². The van der Waals surface area contributed by atoms with Crippen LogP contribution in [0.2, 0.25) is 0 Å². The molecule has 1 heterocycles. The molecule has 5 heteroatoms. The quantitative estimate of drug-likeness (QED) is 0.204. The number of halogens is 1. The van der Waals surface area contributed by atoms with Crippen LogP contribution in [0, 0.1) is 6.92 Å².